The fourth-order valence-corrected chi connectivity index (χ4v) is 5.09. The van der Waals surface area contributed by atoms with Crippen LogP contribution in [0.5, 0.6) is 0 Å². The Hall–Kier alpha value is -0.990. The summed E-state index contributed by atoms with van der Waals surface area (Å²) >= 11 is 1.33. The summed E-state index contributed by atoms with van der Waals surface area (Å²) in [6, 6.07) is -0.125. The van der Waals surface area contributed by atoms with E-state index in [-0.39, 0.29) is 47.5 Å². The number of nitrogens with zero attached hydrogens (tertiary/aromatic N) is 3. The van der Waals surface area contributed by atoms with Crippen LogP contribution in [0.4, 0.5) is 0 Å². The second kappa shape index (κ2) is 12.8. The first kappa shape index (κ1) is 27.0. The zero-order valence-corrected chi connectivity index (χ0v) is 21.9. The van der Waals surface area contributed by atoms with Crippen LogP contribution in [0.1, 0.15) is 47.2 Å². The number of hydrogen-bond acceptors (Lipinski definition) is 8. The molecule has 0 spiro atoms. The zero-order chi connectivity index (χ0) is 21.4. The lowest BCUT2D eigenvalue weighted by Gasteiger charge is -2.25. The molecule has 30 heavy (non-hydrogen) atoms. The average Bonchev–Trinajstić information content (AvgIpc) is 3.05. The van der Waals surface area contributed by atoms with Gasteiger partial charge < -0.3 is 15.4 Å². The highest BCUT2D eigenvalue weighted by molar-refractivity contribution is 14.0. The smallest absolute Gasteiger partial charge is 0.350 e. The van der Waals surface area contributed by atoms with E-state index in [0.29, 0.717) is 55.9 Å². The van der Waals surface area contributed by atoms with Crippen LogP contribution < -0.4 is 10.6 Å². The standard InChI is InChI=1S/C18H31N5O4S2.HI/c1-5-19-18(20-7-8-23-9-11-29(25,26)12-10-23)22-14(4)16-21-13(3)15(28-16)17(24)27-6-2;/h14H,5-12H2,1-4H3,(H2,19,20,22);1H. The molecule has 0 aliphatic carbocycles. The molecule has 0 amide bonds. The van der Waals surface area contributed by atoms with E-state index in [1.165, 1.54) is 11.3 Å². The minimum absolute atomic E-state index is 0. The van der Waals surface area contributed by atoms with E-state index < -0.39 is 9.84 Å². The second-order valence-electron chi connectivity index (χ2n) is 6.81. The summed E-state index contributed by atoms with van der Waals surface area (Å²) in [5, 5.41) is 7.31. The lowest BCUT2D eigenvalue weighted by molar-refractivity contribution is 0.0531. The van der Waals surface area contributed by atoms with Crippen molar-refractivity contribution in [2.45, 2.75) is 33.7 Å². The van der Waals surface area contributed by atoms with Crippen molar-refractivity contribution in [2.75, 3.05) is 50.8 Å². The van der Waals surface area contributed by atoms with Crippen LogP contribution in [0.25, 0.3) is 0 Å². The van der Waals surface area contributed by atoms with Crippen LogP contribution in [-0.2, 0) is 14.6 Å². The third kappa shape index (κ3) is 8.27. The molecule has 1 saturated heterocycles. The van der Waals surface area contributed by atoms with Gasteiger partial charge in [-0.05, 0) is 27.7 Å². The van der Waals surface area contributed by atoms with Gasteiger partial charge in [-0.1, -0.05) is 0 Å². The van der Waals surface area contributed by atoms with Crippen molar-refractivity contribution in [1.82, 2.24) is 20.5 Å². The van der Waals surface area contributed by atoms with E-state index in [0.717, 1.165) is 5.01 Å². The van der Waals surface area contributed by atoms with Crippen LogP contribution in [0, 0.1) is 6.92 Å². The summed E-state index contributed by atoms with van der Waals surface area (Å²) in [7, 11) is -2.86. The Balaban J connectivity index is 0.00000450. The van der Waals surface area contributed by atoms with Gasteiger partial charge in [-0.3, -0.25) is 9.89 Å². The molecule has 12 heteroatoms. The van der Waals surface area contributed by atoms with Crippen LogP contribution in [0.2, 0.25) is 0 Å². The molecule has 2 rings (SSSR count). The van der Waals surface area contributed by atoms with Gasteiger partial charge in [0.25, 0.3) is 0 Å². The Bertz CT molecular complexity index is 815. The number of sulfone groups is 1. The maximum absolute atomic E-state index is 12.0. The summed E-state index contributed by atoms with van der Waals surface area (Å²) in [6.07, 6.45) is 0. The number of rotatable bonds is 8. The molecule has 9 nitrogen and oxygen atoms in total. The quantitative estimate of drug-likeness (QED) is 0.209. The average molecular weight is 574 g/mol. The summed E-state index contributed by atoms with van der Waals surface area (Å²) < 4.78 is 28.1. The fraction of sp³-hybridized carbons (Fsp3) is 0.722. The number of esters is 1. The van der Waals surface area contributed by atoms with Gasteiger partial charge in [0.2, 0.25) is 0 Å². The van der Waals surface area contributed by atoms with Crippen LogP contribution in [0.15, 0.2) is 4.99 Å². The molecule has 0 radical (unpaired) electrons. The van der Waals surface area contributed by atoms with E-state index in [1.54, 1.807) is 13.8 Å². The monoisotopic (exact) mass is 573 g/mol. The molecular formula is C18H32IN5O4S2. The number of thiazole rings is 1. The zero-order valence-electron chi connectivity index (χ0n) is 17.9. The summed E-state index contributed by atoms with van der Waals surface area (Å²) in [5.41, 5.74) is 0.666. The lowest BCUT2D eigenvalue weighted by atomic mass is 10.3. The SMILES string of the molecule is CCNC(=NCCN1CCS(=O)(=O)CC1)NC(C)c1nc(C)c(C(=O)OCC)s1.I. The molecule has 1 aliphatic rings. The first-order valence-electron chi connectivity index (χ1n) is 9.87. The van der Waals surface area contributed by atoms with E-state index in [4.69, 9.17) is 4.74 Å². The normalized spacial score (nSPS) is 17.7. The van der Waals surface area contributed by atoms with Crippen LogP contribution in [-0.4, -0.2) is 81.1 Å². The molecule has 0 saturated carbocycles. The molecule has 1 aliphatic heterocycles. The minimum Gasteiger partial charge on any atom is -0.462 e. The molecule has 1 aromatic rings. The van der Waals surface area contributed by atoms with E-state index in [2.05, 4.69) is 25.5 Å². The summed E-state index contributed by atoms with van der Waals surface area (Å²) in [6.45, 7) is 11.0. The molecule has 2 heterocycles. The van der Waals surface area contributed by atoms with Gasteiger partial charge >= 0.3 is 5.97 Å². The highest BCUT2D eigenvalue weighted by atomic mass is 127. The van der Waals surface area contributed by atoms with Gasteiger partial charge in [-0.25, -0.2) is 18.2 Å². The maximum atomic E-state index is 12.0. The van der Waals surface area contributed by atoms with Crippen LogP contribution >= 0.6 is 35.3 Å². The predicted molar refractivity (Wildman–Crippen MR) is 131 cm³/mol. The van der Waals surface area contributed by atoms with Gasteiger partial charge in [-0.2, -0.15) is 0 Å². The molecule has 1 atom stereocenters. The second-order valence-corrected chi connectivity index (χ2v) is 10.1. The van der Waals surface area contributed by atoms with Crippen molar-refractivity contribution in [1.29, 1.82) is 0 Å². The van der Waals surface area contributed by atoms with Gasteiger partial charge in [0.1, 0.15) is 9.88 Å². The van der Waals surface area contributed by atoms with E-state index in [1.807, 2.05) is 13.8 Å². The number of guanidine groups is 1. The number of aromatic nitrogens is 1. The van der Waals surface area contributed by atoms with Gasteiger partial charge in [0, 0.05) is 26.2 Å². The van der Waals surface area contributed by atoms with Crippen molar-refractivity contribution in [2.24, 2.45) is 4.99 Å². The number of aliphatic imine (C=N–C) groups is 1. The van der Waals surface area contributed by atoms with Crippen molar-refractivity contribution in [3.8, 4) is 0 Å². The number of halogens is 1. The molecule has 172 valence electrons. The number of carbonyl (C=O) groups excluding carboxylic acids is 1. The Kier molecular flexibility index (Phi) is 11.5. The number of aryl methyl sites for hydroxylation is 1. The van der Waals surface area contributed by atoms with Crippen molar-refractivity contribution in [3.05, 3.63) is 15.6 Å². The van der Waals surface area contributed by atoms with Gasteiger partial charge in [-0.15, -0.1) is 35.3 Å². The number of carbonyl (C=O) groups is 1. The first-order valence-corrected chi connectivity index (χ1v) is 12.5. The number of hydrogen-bond donors (Lipinski definition) is 2. The Labute approximate surface area is 200 Å². The summed E-state index contributed by atoms with van der Waals surface area (Å²) in [4.78, 5) is 23.7. The van der Waals surface area contributed by atoms with E-state index >= 15 is 0 Å². The minimum atomic E-state index is -2.86. The van der Waals surface area contributed by atoms with Crippen LogP contribution in [0.3, 0.4) is 0 Å². The highest BCUT2D eigenvalue weighted by Gasteiger charge is 2.22. The number of nitrogens with one attached hydrogen (secondary N) is 2. The Morgan fingerprint density at radius 1 is 1.33 bits per heavy atom. The third-order valence-corrected chi connectivity index (χ3v) is 7.39. The molecule has 1 unspecified atom stereocenters. The molecule has 0 aromatic carbocycles. The fourth-order valence-electron chi connectivity index (χ4n) is 2.85. The van der Waals surface area contributed by atoms with E-state index in [9.17, 15) is 13.2 Å². The Morgan fingerprint density at radius 3 is 2.60 bits per heavy atom. The Morgan fingerprint density at radius 2 is 2.00 bits per heavy atom. The van der Waals surface area contributed by atoms with Crippen molar-refractivity contribution >= 4 is 57.1 Å². The number of ether oxygens (including phenoxy) is 1. The molecule has 1 aromatic heterocycles. The molecule has 0 bridgehead atoms. The molecule has 2 N–H and O–H groups in total. The van der Waals surface area contributed by atoms with Crippen molar-refractivity contribution in [3.63, 3.8) is 0 Å². The van der Waals surface area contributed by atoms with Gasteiger partial charge in [0.15, 0.2) is 15.8 Å². The highest BCUT2D eigenvalue weighted by Crippen LogP contribution is 2.24. The third-order valence-electron chi connectivity index (χ3n) is 4.47. The topological polar surface area (TPSA) is 113 Å². The van der Waals surface area contributed by atoms with Gasteiger partial charge in [0.05, 0.1) is 36.4 Å². The largest absolute Gasteiger partial charge is 0.462 e. The maximum Gasteiger partial charge on any atom is 0.350 e. The molecule has 1 fully saturated rings. The summed E-state index contributed by atoms with van der Waals surface area (Å²) in [5.74, 6) is 0.761. The molecular weight excluding hydrogens is 541 g/mol. The first-order chi connectivity index (χ1) is 13.8. The lowest BCUT2D eigenvalue weighted by Crippen LogP contribution is -2.42. The van der Waals surface area contributed by atoms with Crippen molar-refractivity contribution < 1.29 is 17.9 Å². The predicted octanol–water partition coefficient (Wildman–Crippen LogP) is 1.59.